The molecule has 0 aliphatic carbocycles. The van der Waals surface area contributed by atoms with Crippen molar-refractivity contribution in [1.29, 1.82) is 0 Å². The smallest absolute Gasteiger partial charge is 0.183 e. The Morgan fingerprint density at radius 3 is 2.78 bits per heavy atom. The van der Waals surface area contributed by atoms with E-state index >= 15 is 0 Å². The topological polar surface area (TPSA) is 127 Å². The summed E-state index contributed by atoms with van der Waals surface area (Å²) in [6.07, 6.45) is 11.7. The van der Waals surface area contributed by atoms with E-state index in [4.69, 9.17) is 25.4 Å². The third kappa shape index (κ3) is 3.59. The molecular formula is C26H32N10O. The predicted molar refractivity (Wildman–Crippen MR) is 141 cm³/mol. The first-order valence-corrected chi connectivity index (χ1v) is 13.1. The number of ether oxygens (including phenoxy) is 1. The van der Waals surface area contributed by atoms with Gasteiger partial charge in [-0.1, -0.05) is 0 Å². The first-order valence-electron chi connectivity index (χ1n) is 13.1. The number of nitrogens with zero attached hydrogens (tertiary/aromatic N) is 8. The van der Waals surface area contributed by atoms with Crippen molar-refractivity contribution in [2.45, 2.75) is 44.8 Å². The molecule has 4 aromatic rings. The van der Waals surface area contributed by atoms with Gasteiger partial charge in [-0.05, 0) is 38.7 Å². The zero-order chi connectivity index (χ0) is 25.1. The highest BCUT2D eigenvalue weighted by atomic mass is 16.5. The summed E-state index contributed by atoms with van der Waals surface area (Å²) >= 11 is 0. The van der Waals surface area contributed by atoms with Crippen LogP contribution in [0.15, 0.2) is 30.9 Å². The number of rotatable bonds is 3. The lowest BCUT2D eigenvalue weighted by molar-refractivity contribution is 0.0974. The van der Waals surface area contributed by atoms with Crippen LogP contribution in [0.1, 0.15) is 31.7 Å². The molecule has 0 amide bonds. The first kappa shape index (κ1) is 22.6. The van der Waals surface area contributed by atoms with Gasteiger partial charge in [0, 0.05) is 67.3 Å². The fourth-order valence-corrected chi connectivity index (χ4v) is 6.30. The third-order valence-corrected chi connectivity index (χ3v) is 8.53. The average Bonchev–Trinajstić information content (AvgIpc) is 3.63. The molecule has 37 heavy (non-hydrogen) atoms. The summed E-state index contributed by atoms with van der Waals surface area (Å²) in [6, 6.07) is 2.16. The maximum absolute atomic E-state index is 6.50. The molecule has 11 nitrogen and oxygen atoms in total. The second-order valence-corrected chi connectivity index (χ2v) is 10.7. The number of aryl methyl sites for hydroxylation is 1. The van der Waals surface area contributed by atoms with Crippen LogP contribution in [0, 0.1) is 5.41 Å². The molecule has 2 fully saturated rings. The van der Waals surface area contributed by atoms with Crippen molar-refractivity contribution in [2.24, 2.45) is 18.2 Å². The molecule has 3 N–H and O–H groups in total. The average molecular weight is 501 g/mol. The van der Waals surface area contributed by atoms with Gasteiger partial charge in [0.1, 0.15) is 5.82 Å². The molecule has 11 heteroatoms. The van der Waals surface area contributed by atoms with E-state index in [9.17, 15) is 0 Å². The molecule has 2 saturated heterocycles. The molecular weight excluding hydrogens is 468 g/mol. The maximum atomic E-state index is 6.50. The minimum atomic E-state index is 0.0831. The molecule has 7 rings (SSSR count). The summed E-state index contributed by atoms with van der Waals surface area (Å²) in [5.41, 5.74) is 12.4. The highest BCUT2D eigenvalue weighted by Gasteiger charge is 2.47. The lowest BCUT2D eigenvalue weighted by Crippen LogP contribution is -2.50. The molecule has 0 aromatic carbocycles. The van der Waals surface area contributed by atoms with Crippen molar-refractivity contribution in [2.75, 3.05) is 36.0 Å². The second-order valence-electron chi connectivity index (χ2n) is 10.7. The number of pyridine rings is 1. The van der Waals surface area contributed by atoms with Crippen molar-refractivity contribution < 1.29 is 4.74 Å². The molecule has 3 aliphatic heterocycles. The van der Waals surface area contributed by atoms with E-state index < -0.39 is 0 Å². The number of hydrogen-bond donors (Lipinski definition) is 2. The number of nitrogens with one attached hydrogen (secondary N) is 1. The zero-order valence-corrected chi connectivity index (χ0v) is 21.3. The molecule has 0 unspecified atom stereocenters. The van der Waals surface area contributed by atoms with E-state index in [0.29, 0.717) is 5.65 Å². The van der Waals surface area contributed by atoms with Crippen LogP contribution in [0.2, 0.25) is 0 Å². The Morgan fingerprint density at radius 2 is 2.03 bits per heavy atom. The summed E-state index contributed by atoms with van der Waals surface area (Å²) in [4.78, 5) is 19.0. The van der Waals surface area contributed by atoms with Gasteiger partial charge in [-0.15, -0.1) is 0 Å². The van der Waals surface area contributed by atoms with Gasteiger partial charge in [0.15, 0.2) is 17.0 Å². The van der Waals surface area contributed by atoms with E-state index in [0.717, 1.165) is 86.0 Å². The van der Waals surface area contributed by atoms with Gasteiger partial charge in [0.25, 0.3) is 0 Å². The van der Waals surface area contributed by atoms with Crippen LogP contribution in [0.3, 0.4) is 0 Å². The summed E-state index contributed by atoms with van der Waals surface area (Å²) in [7, 11) is 1.93. The summed E-state index contributed by atoms with van der Waals surface area (Å²) in [6.45, 7) is 5.50. The van der Waals surface area contributed by atoms with Gasteiger partial charge in [-0.3, -0.25) is 14.8 Å². The Balaban J connectivity index is 1.16. The van der Waals surface area contributed by atoms with Crippen LogP contribution >= 0.6 is 0 Å². The van der Waals surface area contributed by atoms with Gasteiger partial charge >= 0.3 is 0 Å². The van der Waals surface area contributed by atoms with Crippen LogP contribution < -0.4 is 15.5 Å². The quantitative estimate of drug-likeness (QED) is 0.436. The molecule has 0 bridgehead atoms. The van der Waals surface area contributed by atoms with Crippen molar-refractivity contribution in [1.82, 2.24) is 34.9 Å². The maximum Gasteiger partial charge on any atom is 0.183 e. The number of aromatic nitrogens is 7. The first-order chi connectivity index (χ1) is 18.0. The largest absolute Gasteiger partial charge is 0.376 e. The van der Waals surface area contributed by atoms with Crippen molar-refractivity contribution in [3.05, 3.63) is 36.4 Å². The molecule has 1 spiro atoms. The standard InChI is InChI=1S/C26H32N10O/c1-16-23(27)26(15-37-16)6-10-35(11-7-26)20-13-29-22-24(31-20)32-33-25(22)36-9-3-4-18-19(36)5-8-28-21(18)17-12-30-34(2)14-17/h5,8,12-14,16,23H,3-4,6-7,9-11,15,27H2,1-2H3,(H,31,32,33)/t16-,23+/m0/s1. The van der Waals surface area contributed by atoms with Crippen molar-refractivity contribution >= 4 is 28.5 Å². The summed E-state index contributed by atoms with van der Waals surface area (Å²) in [5.74, 6) is 1.68. The lowest BCUT2D eigenvalue weighted by Gasteiger charge is -2.41. The molecule has 192 valence electrons. The van der Waals surface area contributed by atoms with Gasteiger partial charge in [-0.25, -0.2) is 9.97 Å². The highest BCUT2D eigenvalue weighted by Crippen LogP contribution is 2.42. The molecule has 7 heterocycles. The number of nitrogens with two attached hydrogens (primary N) is 1. The predicted octanol–water partition coefficient (Wildman–Crippen LogP) is 2.57. The second kappa shape index (κ2) is 8.49. The van der Waals surface area contributed by atoms with E-state index in [1.807, 2.05) is 36.5 Å². The van der Waals surface area contributed by atoms with Crippen LogP contribution in [0.4, 0.5) is 17.3 Å². The SMILES string of the molecule is C[C@@H]1OCC2(CCN(c3cnc4c(N5CCCc6c5ccnc6-c5cnn(C)c5)n[nH]c4n3)CC2)[C@@H]1N. The molecule has 4 aromatic heterocycles. The monoisotopic (exact) mass is 500 g/mol. The van der Waals surface area contributed by atoms with Crippen molar-refractivity contribution in [3.8, 4) is 11.3 Å². The Labute approximate surface area is 215 Å². The normalized spacial score (nSPS) is 23.2. The minimum absolute atomic E-state index is 0.0831. The van der Waals surface area contributed by atoms with Crippen molar-refractivity contribution in [3.63, 3.8) is 0 Å². The van der Waals surface area contributed by atoms with E-state index in [1.165, 1.54) is 5.56 Å². The number of anilines is 3. The van der Waals surface area contributed by atoms with E-state index in [2.05, 4.69) is 38.1 Å². The highest BCUT2D eigenvalue weighted by molar-refractivity contribution is 5.88. The fraction of sp³-hybridized carbons (Fsp3) is 0.500. The molecule has 2 atom stereocenters. The van der Waals surface area contributed by atoms with Gasteiger partial charge in [-0.2, -0.15) is 10.2 Å². The fourth-order valence-electron chi connectivity index (χ4n) is 6.30. The number of hydrogen-bond acceptors (Lipinski definition) is 9. The number of aromatic amines is 1. The zero-order valence-electron chi connectivity index (χ0n) is 21.3. The van der Waals surface area contributed by atoms with E-state index in [-0.39, 0.29) is 17.6 Å². The summed E-state index contributed by atoms with van der Waals surface area (Å²) in [5, 5.41) is 12.2. The Bertz CT molecular complexity index is 1450. The molecule has 3 aliphatic rings. The minimum Gasteiger partial charge on any atom is -0.376 e. The molecule has 0 radical (unpaired) electrons. The number of fused-ring (bicyclic) bond motifs is 2. The molecule has 0 saturated carbocycles. The number of piperidine rings is 1. The Kier molecular flexibility index (Phi) is 5.19. The van der Waals surface area contributed by atoms with Crippen LogP contribution in [-0.4, -0.2) is 73.3 Å². The lowest BCUT2D eigenvalue weighted by atomic mass is 9.73. The van der Waals surface area contributed by atoms with Crippen LogP contribution in [-0.2, 0) is 18.2 Å². The van der Waals surface area contributed by atoms with Gasteiger partial charge < -0.3 is 20.3 Å². The van der Waals surface area contributed by atoms with Gasteiger partial charge in [0.05, 0.1) is 30.8 Å². The van der Waals surface area contributed by atoms with E-state index in [1.54, 1.807) is 0 Å². The van der Waals surface area contributed by atoms with Crippen LogP contribution in [0.5, 0.6) is 0 Å². The Morgan fingerprint density at radius 1 is 1.16 bits per heavy atom. The Hall–Kier alpha value is -3.57. The number of H-pyrrole nitrogens is 1. The third-order valence-electron chi connectivity index (χ3n) is 8.53. The van der Waals surface area contributed by atoms with Gasteiger partial charge in [0.2, 0.25) is 0 Å². The van der Waals surface area contributed by atoms with Crippen LogP contribution in [0.25, 0.3) is 22.4 Å². The summed E-state index contributed by atoms with van der Waals surface area (Å²) < 4.78 is 7.69.